The molecular formula is C11H15N2. The number of hydrogen-bond acceptors (Lipinski definition) is 2. The summed E-state index contributed by atoms with van der Waals surface area (Å²) in [5.41, 5.74) is 7.24. The summed E-state index contributed by atoms with van der Waals surface area (Å²) in [5, 5.41) is 0. The number of rotatable bonds is 1. The van der Waals surface area contributed by atoms with Crippen molar-refractivity contribution in [1.82, 2.24) is 4.98 Å². The summed E-state index contributed by atoms with van der Waals surface area (Å²) in [6.45, 7) is 0. The minimum absolute atomic E-state index is 0.146. The number of nitrogens with zero attached hydrogens (tertiary/aromatic N) is 1. The largest absolute Gasteiger partial charge is 0.321 e. The third-order valence-electron chi connectivity index (χ3n) is 2.89. The van der Waals surface area contributed by atoms with Crippen molar-refractivity contribution in [3.63, 3.8) is 0 Å². The molecule has 1 saturated carbocycles. The molecule has 2 N–H and O–H groups in total. The first-order valence-corrected chi connectivity index (χ1v) is 4.93. The zero-order chi connectivity index (χ0) is 9.15. The maximum absolute atomic E-state index is 6.31. The van der Waals surface area contributed by atoms with Gasteiger partial charge in [0.05, 0.1) is 6.20 Å². The van der Waals surface area contributed by atoms with Crippen LogP contribution in [-0.4, -0.2) is 4.98 Å². The number of hydrogen-bond donors (Lipinski definition) is 1. The summed E-state index contributed by atoms with van der Waals surface area (Å²) in [4.78, 5) is 4.00. The van der Waals surface area contributed by atoms with Gasteiger partial charge in [-0.15, -0.1) is 0 Å². The minimum atomic E-state index is -0.146. The first-order chi connectivity index (χ1) is 6.31. The minimum Gasteiger partial charge on any atom is -0.321 e. The number of aromatic nitrogens is 1. The number of pyridine rings is 1. The standard InChI is InChI=1S/C11H15N2/c12-11(6-2-1-3-7-11)10-5-4-8-13-9-10/h4-5,8H,1-3,6-7,12H2. The molecule has 1 aromatic rings. The Morgan fingerprint density at radius 1 is 1.31 bits per heavy atom. The van der Waals surface area contributed by atoms with E-state index in [0.29, 0.717) is 0 Å². The Bertz CT molecular complexity index is 263. The van der Waals surface area contributed by atoms with Crippen LogP contribution in [0.2, 0.25) is 0 Å². The molecule has 13 heavy (non-hydrogen) atoms. The van der Waals surface area contributed by atoms with E-state index < -0.39 is 0 Å². The van der Waals surface area contributed by atoms with Crippen LogP contribution in [0.1, 0.15) is 37.7 Å². The van der Waals surface area contributed by atoms with Gasteiger partial charge in [-0.3, -0.25) is 4.98 Å². The first-order valence-electron chi connectivity index (χ1n) is 4.93. The SMILES string of the molecule is NC1(c2[c]nccc2)CCCCC1. The smallest absolute Gasteiger partial charge is 0.0940 e. The molecule has 0 aliphatic heterocycles. The lowest BCUT2D eigenvalue weighted by Crippen LogP contribution is -2.38. The lowest BCUT2D eigenvalue weighted by Gasteiger charge is -2.33. The summed E-state index contributed by atoms with van der Waals surface area (Å²) in [5.74, 6) is 0. The topological polar surface area (TPSA) is 38.9 Å². The molecule has 1 radical (unpaired) electrons. The Morgan fingerprint density at radius 2 is 2.08 bits per heavy atom. The van der Waals surface area contributed by atoms with E-state index in [-0.39, 0.29) is 5.54 Å². The van der Waals surface area contributed by atoms with Gasteiger partial charge in [-0.05, 0) is 24.5 Å². The molecule has 0 unspecified atom stereocenters. The Kier molecular flexibility index (Phi) is 2.32. The van der Waals surface area contributed by atoms with Gasteiger partial charge in [0, 0.05) is 11.7 Å². The lowest BCUT2D eigenvalue weighted by atomic mass is 9.78. The molecule has 0 spiro atoms. The van der Waals surface area contributed by atoms with E-state index in [2.05, 4.69) is 11.2 Å². The van der Waals surface area contributed by atoms with E-state index in [1.165, 1.54) is 19.3 Å². The van der Waals surface area contributed by atoms with Crippen LogP contribution < -0.4 is 5.73 Å². The van der Waals surface area contributed by atoms with E-state index in [9.17, 15) is 0 Å². The molecule has 1 heterocycles. The lowest BCUT2D eigenvalue weighted by molar-refractivity contribution is 0.301. The molecule has 0 aromatic carbocycles. The van der Waals surface area contributed by atoms with Gasteiger partial charge < -0.3 is 5.73 Å². The summed E-state index contributed by atoms with van der Waals surface area (Å²) in [6.07, 6.45) is 10.7. The van der Waals surface area contributed by atoms with Crippen molar-refractivity contribution in [2.45, 2.75) is 37.6 Å². The number of nitrogens with two attached hydrogens (primary N) is 1. The van der Waals surface area contributed by atoms with E-state index >= 15 is 0 Å². The maximum Gasteiger partial charge on any atom is 0.0940 e. The molecule has 1 aliphatic rings. The molecule has 0 bridgehead atoms. The van der Waals surface area contributed by atoms with Crippen molar-refractivity contribution in [3.8, 4) is 0 Å². The van der Waals surface area contributed by atoms with Gasteiger partial charge in [0.1, 0.15) is 0 Å². The van der Waals surface area contributed by atoms with Crippen LogP contribution in [0.5, 0.6) is 0 Å². The second-order valence-electron chi connectivity index (χ2n) is 3.88. The van der Waals surface area contributed by atoms with Crippen molar-refractivity contribution in [2.75, 3.05) is 0 Å². The highest BCUT2D eigenvalue weighted by Gasteiger charge is 2.29. The van der Waals surface area contributed by atoms with Gasteiger partial charge in [0.15, 0.2) is 0 Å². The summed E-state index contributed by atoms with van der Waals surface area (Å²) >= 11 is 0. The molecular weight excluding hydrogens is 160 g/mol. The molecule has 1 aliphatic carbocycles. The molecule has 0 amide bonds. The van der Waals surface area contributed by atoms with E-state index in [0.717, 1.165) is 18.4 Å². The van der Waals surface area contributed by atoms with Crippen LogP contribution in [0.4, 0.5) is 0 Å². The van der Waals surface area contributed by atoms with Gasteiger partial charge in [-0.2, -0.15) is 0 Å². The monoisotopic (exact) mass is 175 g/mol. The van der Waals surface area contributed by atoms with Gasteiger partial charge in [-0.1, -0.05) is 25.3 Å². The Morgan fingerprint density at radius 3 is 2.69 bits per heavy atom. The first kappa shape index (κ1) is 8.70. The van der Waals surface area contributed by atoms with Crippen LogP contribution in [0.25, 0.3) is 0 Å². The molecule has 0 saturated heterocycles. The highest BCUT2D eigenvalue weighted by Crippen LogP contribution is 2.33. The fourth-order valence-corrected chi connectivity index (χ4v) is 2.06. The van der Waals surface area contributed by atoms with E-state index in [1.54, 1.807) is 6.20 Å². The van der Waals surface area contributed by atoms with Crippen molar-refractivity contribution in [1.29, 1.82) is 0 Å². The van der Waals surface area contributed by atoms with Crippen molar-refractivity contribution in [2.24, 2.45) is 5.73 Å². The normalized spacial score (nSPS) is 21.3. The van der Waals surface area contributed by atoms with Crippen LogP contribution in [0.3, 0.4) is 0 Å². The zero-order valence-electron chi connectivity index (χ0n) is 7.79. The summed E-state index contributed by atoms with van der Waals surface area (Å²) < 4.78 is 0. The molecule has 2 nitrogen and oxygen atoms in total. The Balaban J connectivity index is 2.23. The molecule has 2 heteroatoms. The molecule has 69 valence electrons. The van der Waals surface area contributed by atoms with Crippen LogP contribution in [0.15, 0.2) is 18.3 Å². The van der Waals surface area contributed by atoms with Gasteiger partial charge in [0.2, 0.25) is 0 Å². The predicted molar refractivity (Wildman–Crippen MR) is 52.0 cm³/mol. The van der Waals surface area contributed by atoms with Crippen LogP contribution in [0, 0.1) is 6.20 Å². The van der Waals surface area contributed by atoms with Gasteiger partial charge >= 0.3 is 0 Å². The quantitative estimate of drug-likeness (QED) is 0.709. The van der Waals surface area contributed by atoms with Crippen molar-refractivity contribution >= 4 is 0 Å². The summed E-state index contributed by atoms with van der Waals surface area (Å²) in [7, 11) is 0. The van der Waals surface area contributed by atoms with Gasteiger partial charge in [-0.25, -0.2) is 0 Å². The molecule has 0 atom stereocenters. The molecule has 1 aromatic heterocycles. The van der Waals surface area contributed by atoms with E-state index in [4.69, 9.17) is 5.73 Å². The Labute approximate surface area is 79.2 Å². The second-order valence-corrected chi connectivity index (χ2v) is 3.88. The highest BCUT2D eigenvalue weighted by atomic mass is 14.8. The van der Waals surface area contributed by atoms with Crippen LogP contribution in [-0.2, 0) is 5.54 Å². The highest BCUT2D eigenvalue weighted by molar-refractivity contribution is 5.19. The third kappa shape index (κ3) is 1.73. The van der Waals surface area contributed by atoms with Gasteiger partial charge in [0.25, 0.3) is 0 Å². The Hall–Kier alpha value is -0.890. The zero-order valence-corrected chi connectivity index (χ0v) is 7.79. The van der Waals surface area contributed by atoms with Crippen molar-refractivity contribution < 1.29 is 0 Å². The van der Waals surface area contributed by atoms with Crippen molar-refractivity contribution in [3.05, 3.63) is 30.1 Å². The average Bonchev–Trinajstić information content (AvgIpc) is 2.20. The molecule has 2 rings (SSSR count). The average molecular weight is 175 g/mol. The predicted octanol–water partition coefficient (Wildman–Crippen LogP) is 2.00. The summed E-state index contributed by atoms with van der Waals surface area (Å²) in [6, 6.07) is 3.98. The van der Waals surface area contributed by atoms with Crippen LogP contribution >= 0.6 is 0 Å². The fraction of sp³-hybridized carbons (Fsp3) is 0.545. The fourth-order valence-electron chi connectivity index (χ4n) is 2.06. The second kappa shape index (κ2) is 3.46. The molecule has 1 fully saturated rings. The third-order valence-corrected chi connectivity index (χ3v) is 2.89. The van der Waals surface area contributed by atoms with E-state index in [1.807, 2.05) is 12.1 Å². The maximum atomic E-state index is 6.31.